The highest BCUT2D eigenvalue weighted by Gasteiger charge is 2.68. The lowest BCUT2D eigenvalue weighted by molar-refractivity contribution is -0.153. The molecule has 0 amide bonds. The van der Waals surface area contributed by atoms with Gasteiger partial charge in [-0.2, -0.15) is 0 Å². The maximum Gasteiger partial charge on any atom is 0.344 e. The van der Waals surface area contributed by atoms with E-state index >= 15 is 0 Å². The molecule has 3 saturated carbocycles. The first-order chi connectivity index (χ1) is 7.39. The molecule has 0 heterocycles. The lowest BCUT2D eigenvalue weighted by atomic mass is 9.58. The van der Waals surface area contributed by atoms with Crippen LogP contribution in [0.15, 0.2) is 0 Å². The van der Waals surface area contributed by atoms with Crippen molar-refractivity contribution in [2.24, 2.45) is 5.41 Å². The van der Waals surface area contributed by atoms with Gasteiger partial charge in [-0.1, -0.05) is 0 Å². The normalized spacial score (nSPS) is 37.9. The fourth-order valence-corrected chi connectivity index (χ4v) is 3.38. The van der Waals surface area contributed by atoms with E-state index in [-0.39, 0.29) is 19.3 Å². The quantitative estimate of drug-likeness (QED) is 0.531. The van der Waals surface area contributed by atoms with E-state index in [9.17, 15) is 23.5 Å². The van der Waals surface area contributed by atoms with Crippen molar-refractivity contribution >= 4 is 25.0 Å². The van der Waals surface area contributed by atoms with Gasteiger partial charge in [0.1, 0.15) is 0 Å². The Kier molecular flexibility index (Phi) is 2.26. The van der Waals surface area contributed by atoms with Crippen LogP contribution in [0.2, 0.25) is 0 Å². The minimum atomic E-state index is -3.44. The summed E-state index contributed by atoms with van der Waals surface area (Å²) in [7, 11) is -3.44. The molecular formula is C9H9O6P. The Hall–Kier alpha value is -1.13. The van der Waals surface area contributed by atoms with Crippen LogP contribution in [0.3, 0.4) is 0 Å². The lowest BCUT2D eigenvalue weighted by Gasteiger charge is -2.45. The van der Waals surface area contributed by atoms with Crippen molar-refractivity contribution in [2.45, 2.75) is 24.4 Å². The third kappa shape index (κ3) is 1.09. The van der Waals surface area contributed by atoms with Crippen LogP contribution in [0.4, 0.5) is 0 Å². The molecule has 16 heavy (non-hydrogen) atoms. The topological polar surface area (TPSA) is 106 Å². The van der Waals surface area contributed by atoms with E-state index < -0.39 is 42.2 Å². The predicted molar refractivity (Wildman–Crippen MR) is 49.4 cm³/mol. The first-order valence-corrected chi connectivity index (χ1v) is 5.92. The van der Waals surface area contributed by atoms with Crippen molar-refractivity contribution in [3.63, 3.8) is 0 Å². The number of carbonyl (C=O) groups is 3. The minimum absolute atomic E-state index is 0.218. The molecule has 0 spiro atoms. The molecular weight excluding hydrogens is 235 g/mol. The van der Waals surface area contributed by atoms with Crippen LogP contribution in [-0.4, -0.2) is 34.2 Å². The molecule has 3 rings (SSSR count). The summed E-state index contributed by atoms with van der Waals surface area (Å²) in [5.41, 5.74) is -1.06. The van der Waals surface area contributed by atoms with Gasteiger partial charge >= 0.3 is 7.68 Å². The second kappa shape index (κ2) is 3.18. The van der Waals surface area contributed by atoms with E-state index in [0.29, 0.717) is 0 Å². The van der Waals surface area contributed by atoms with Crippen molar-refractivity contribution in [3.8, 4) is 0 Å². The lowest BCUT2D eigenvalue weighted by Crippen LogP contribution is -2.63. The van der Waals surface area contributed by atoms with Crippen LogP contribution in [0.5, 0.6) is 0 Å². The van der Waals surface area contributed by atoms with Gasteiger partial charge in [0.05, 0.1) is 0 Å². The van der Waals surface area contributed by atoms with Crippen LogP contribution in [0.25, 0.3) is 0 Å². The van der Waals surface area contributed by atoms with Crippen LogP contribution in [0.1, 0.15) is 19.3 Å². The highest BCUT2D eigenvalue weighted by Crippen LogP contribution is 2.53. The largest absolute Gasteiger partial charge is 0.396 e. The second-order valence-electron chi connectivity index (χ2n) is 4.43. The summed E-state index contributed by atoms with van der Waals surface area (Å²) in [6, 6.07) is 0. The zero-order valence-electron chi connectivity index (χ0n) is 8.26. The molecule has 7 heteroatoms. The van der Waals surface area contributed by atoms with Crippen molar-refractivity contribution in [2.75, 3.05) is 6.61 Å². The molecule has 3 aliphatic rings. The Morgan fingerprint density at radius 3 is 1.62 bits per heavy atom. The van der Waals surface area contributed by atoms with E-state index in [4.69, 9.17) is 5.11 Å². The summed E-state index contributed by atoms with van der Waals surface area (Å²) in [6.07, 6.45) is -0.654. The summed E-state index contributed by atoms with van der Waals surface area (Å²) >= 11 is 0. The fraction of sp³-hybridized carbons (Fsp3) is 0.667. The van der Waals surface area contributed by atoms with Crippen LogP contribution < -0.4 is 0 Å². The Morgan fingerprint density at radius 2 is 1.38 bits per heavy atom. The molecule has 1 N–H and O–H groups in total. The standard InChI is InChI=1S/C9H9O6P/c10-4-8-1-5(11)9(16(14)15,6(12)2-8)7(13)3-8/h10H,1-4H2. The van der Waals surface area contributed by atoms with Crippen molar-refractivity contribution in [1.29, 1.82) is 0 Å². The van der Waals surface area contributed by atoms with E-state index in [1.165, 1.54) is 0 Å². The number of carbonyl (C=O) groups excluding carboxylic acids is 3. The minimum Gasteiger partial charge on any atom is -0.396 e. The van der Waals surface area contributed by atoms with Gasteiger partial charge < -0.3 is 5.11 Å². The van der Waals surface area contributed by atoms with Gasteiger partial charge in [0, 0.05) is 31.3 Å². The second-order valence-corrected chi connectivity index (χ2v) is 5.61. The molecule has 3 fully saturated rings. The van der Waals surface area contributed by atoms with Gasteiger partial charge in [-0.15, -0.1) is 0 Å². The number of hydrogen-bond acceptors (Lipinski definition) is 6. The molecule has 0 aromatic carbocycles. The average Bonchev–Trinajstić information content (AvgIpc) is 2.15. The number of Topliss-reactive ketones (excluding diaryl/α,β-unsaturated/α-hetero) is 3. The maximum absolute atomic E-state index is 11.7. The molecule has 3 aliphatic carbocycles. The Labute approximate surface area is 90.8 Å². The van der Waals surface area contributed by atoms with Gasteiger partial charge in [-0.05, 0) is 0 Å². The average molecular weight is 244 g/mol. The molecule has 0 saturated heterocycles. The van der Waals surface area contributed by atoms with Crippen molar-refractivity contribution in [1.82, 2.24) is 0 Å². The summed E-state index contributed by atoms with van der Waals surface area (Å²) in [5.74, 6) is -2.65. The first kappa shape index (κ1) is 11.4. The van der Waals surface area contributed by atoms with Gasteiger partial charge in [0.2, 0.25) is 0 Å². The predicted octanol–water partition coefficient (Wildman–Crippen LogP) is -0.218. The molecule has 6 nitrogen and oxygen atoms in total. The Morgan fingerprint density at radius 1 is 1.00 bits per heavy atom. The first-order valence-electron chi connectivity index (χ1n) is 4.74. The SMILES string of the molecule is O=C1CC2(CO)CC(=O)C1(P(=O)=O)C(=O)C2. The van der Waals surface area contributed by atoms with Gasteiger partial charge in [0.15, 0.2) is 17.3 Å². The van der Waals surface area contributed by atoms with E-state index in [1.54, 1.807) is 0 Å². The number of rotatable bonds is 2. The summed E-state index contributed by atoms with van der Waals surface area (Å²) in [5, 5.41) is 6.70. The molecule has 0 aromatic rings. The zero-order valence-corrected chi connectivity index (χ0v) is 9.16. The van der Waals surface area contributed by atoms with Crippen molar-refractivity contribution < 1.29 is 28.6 Å². The Balaban J connectivity index is 2.62. The fourth-order valence-electron chi connectivity index (χ4n) is 2.53. The molecule has 0 radical (unpaired) electrons. The highest BCUT2D eigenvalue weighted by atomic mass is 31.1. The number of fused-ring (bicyclic) bond motifs is 3. The molecule has 0 aromatic heterocycles. The van der Waals surface area contributed by atoms with Crippen LogP contribution in [-0.2, 0) is 23.5 Å². The molecule has 0 unspecified atom stereocenters. The smallest absolute Gasteiger partial charge is 0.344 e. The third-order valence-corrected chi connectivity index (χ3v) is 4.72. The number of hydrogen-bond donors (Lipinski definition) is 1. The number of aliphatic hydroxyl groups is 1. The highest BCUT2D eigenvalue weighted by molar-refractivity contribution is 7.38. The van der Waals surface area contributed by atoms with E-state index in [1.807, 2.05) is 0 Å². The molecule has 86 valence electrons. The van der Waals surface area contributed by atoms with Crippen molar-refractivity contribution in [3.05, 3.63) is 0 Å². The monoisotopic (exact) mass is 244 g/mol. The van der Waals surface area contributed by atoms with Crippen LogP contribution in [0, 0.1) is 5.41 Å². The molecule has 0 atom stereocenters. The summed E-state index contributed by atoms with van der Waals surface area (Å²) < 4.78 is 22.1. The van der Waals surface area contributed by atoms with Gasteiger partial charge in [-0.25, -0.2) is 9.13 Å². The zero-order chi connectivity index (χ0) is 12.1. The summed E-state index contributed by atoms with van der Waals surface area (Å²) in [4.78, 5) is 35.0. The van der Waals surface area contributed by atoms with E-state index in [0.717, 1.165) is 0 Å². The summed E-state index contributed by atoms with van der Waals surface area (Å²) in [6.45, 7) is -0.456. The molecule has 0 aliphatic heterocycles. The van der Waals surface area contributed by atoms with E-state index in [2.05, 4.69) is 0 Å². The molecule has 2 bridgehead atoms. The number of ketones is 3. The van der Waals surface area contributed by atoms with Gasteiger partial charge in [-0.3, -0.25) is 14.4 Å². The van der Waals surface area contributed by atoms with Gasteiger partial charge in [0.25, 0.3) is 5.16 Å². The van der Waals surface area contributed by atoms with Crippen LogP contribution >= 0.6 is 7.68 Å². The maximum atomic E-state index is 11.7. The number of aliphatic hydroxyl groups excluding tert-OH is 1. The third-order valence-electron chi connectivity index (χ3n) is 3.43. The Bertz CT molecular complexity index is 418.